The van der Waals surface area contributed by atoms with Gasteiger partial charge in [0, 0.05) is 24.1 Å². The fraction of sp³-hybridized carbons (Fsp3) is 0.474. The predicted octanol–water partition coefficient (Wildman–Crippen LogP) is 3.30. The lowest BCUT2D eigenvalue weighted by molar-refractivity contribution is -0.121. The number of hydrogen-bond acceptors (Lipinski definition) is 5. The maximum atomic E-state index is 12.8. The van der Waals surface area contributed by atoms with Gasteiger partial charge in [0.05, 0.1) is 11.6 Å². The van der Waals surface area contributed by atoms with E-state index in [0.717, 1.165) is 55.1 Å². The normalized spacial score (nSPS) is 26.5. The minimum atomic E-state index is 0.0289. The van der Waals surface area contributed by atoms with Crippen molar-refractivity contribution in [2.24, 2.45) is 5.92 Å². The van der Waals surface area contributed by atoms with Crippen molar-refractivity contribution in [2.45, 2.75) is 37.8 Å². The number of benzene rings is 1. The first kappa shape index (κ1) is 16.7. The van der Waals surface area contributed by atoms with Crippen LogP contribution in [0.5, 0.6) is 0 Å². The van der Waals surface area contributed by atoms with E-state index in [2.05, 4.69) is 15.6 Å². The molecule has 1 aromatic heterocycles. The van der Waals surface area contributed by atoms with Gasteiger partial charge < -0.3 is 15.4 Å². The molecule has 0 spiro atoms. The average Bonchev–Trinajstić information content (AvgIpc) is 3.34. The number of thiazole rings is 1. The first-order valence-corrected chi connectivity index (χ1v) is 9.84. The summed E-state index contributed by atoms with van der Waals surface area (Å²) in [7, 11) is 0. The minimum absolute atomic E-state index is 0.0289. The zero-order valence-corrected chi connectivity index (χ0v) is 14.9. The summed E-state index contributed by atoms with van der Waals surface area (Å²) >= 11 is 1.48. The van der Waals surface area contributed by atoms with E-state index in [4.69, 9.17) is 4.74 Å². The third-order valence-corrected chi connectivity index (χ3v) is 5.82. The molecule has 2 aromatic rings. The fourth-order valence-electron chi connectivity index (χ4n) is 3.74. The zero-order valence-electron chi connectivity index (χ0n) is 14.1. The van der Waals surface area contributed by atoms with Crippen LogP contribution < -0.4 is 10.6 Å². The second-order valence-electron chi connectivity index (χ2n) is 6.72. The van der Waals surface area contributed by atoms with Crippen LogP contribution in [-0.4, -0.2) is 36.2 Å². The van der Waals surface area contributed by atoms with Gasteiger partial charge >= 0.3 is 0 Å². The molecule has 25 heavy (non-hydrogen) atoms. The molecule has 0 bridgehead atoms. The molecule has 5 nitrogen and oxygen atoms in total. The molecule has 3 heterocycles. The molecule has 2 aliphatic heterocycles. The maximum Gasteiger partial charge on any atom is 0.228 e. The summed E-state index contributed by atoms with van der Waals surface area (Å²) in [4.78, 5) is 17.2. The highest BCUT2D eigenvalue weighted by Crippen LogP contribution is 2.32. The van der Waals surface area contributed by atoms with Crippen molar-refractivity contribution in [3.05, 3.63) is 35.8 Å². The molecule has 3 atom stereocenters. The van der Waals surface area contributed by atoms with E-state index >= 15 is 0 Å². The van der Waals surface area contributed by atoms with Crippen LogP contribution in [0.4, 0.5) is 5.00 Å². The van der Waals surface area contributed by atoms with Gasteiger partial charge in [-0.15, -0.1) is 11.3 Å². The van der Waals surface area contributed by atoms with Gasteiger partial charge in [-0.05, 0) is 32.2 Å². The van der Waals surface area contributed by atoms with E-state index in [-0.39, 0.29) is 17.9 Å². The molecule has 132 valence electrons. The molecular weight excluding hydrogens is 334 g/mol. The molecule has 0 radical (unpaired) electrons. The van der Waals surface area contributed by atoms with Gasteiger partial charge in [-0.1, -0.05) is 30.3 Å². The SMILES string of the molecule is O=C(Nc1scnc1-c1ccccc1)C1CCNC(C2CCCO2)C1. The molecule has 3 unspecified atom stereocenters. The predicted molar refractivity (Wildman–Crippen MR) is 99.7 cm³/mol. The Morgan fingerprint density at radius 2 is 2.16 bits per heavy atom. The highest BCUT2D eigenvalue weighted by atomic mass is 32.1. The van der Waals surface area contributed by atoms with Crippen LogP contribution in [0.2, 0.25) is 0 Å². The highest BCUT2D eigenvalue weighted by molar-refractivity contribution is 7.14. The monoisotopic (exact) mass is 357 g/mol. The van der Waals surface area contributed by atoms with Crippen LogP contribution in [0.25, 0.3) is 11.3 Å². The summed E-state index contributed by atoms with van der Waals surface area (Å²) in [5.74, 6) is 0.132. The number of anilines is 1. The molecule has 4 rings (SSSR count). The molecule has 2 fully saturated rings. The topological polar surface area (TPSA) is 63.2 Å². The van der Waals surface area contributed by atoms with Gasteiger partial charge in [0.25, 0.3) is 0 Å². The number of nitrogens with one attached hydrogen (secondary N) is 2. The maximum absolute atomic E-state index is 12.8. The van der Waals surface area contributed by atoms with E-state index in [9.17, 15) is 4.79 Å². The number of hydrogen-bond donors (Lipinski definition) is 2. The number of aromatic nitrogens is 1. The largest absolute Gasteiger partial charge is 0.377 e. The van der Waals surface area contributed by atoms with Crippen molar-refractivity contribution in [2.75, 3.05) is 18.5 Å². The van der Waals surface area contributed by atoms with Crippen LogP contribution >= 0.6 is 11.3 Å². The summed E-state index contributed by atoms with van der Waals surface area (Å²) in [6, 6.07) is 10.3. The molecule has 0 aliphatic carbocycles. The molecule has 2 aliphatic rings. The van der Waals surface area contributed by atoms with Crippen LogP contribution in [0.15, 0.2) is 35.8 Å². The Hall–Kier alpha value is -1.76. The Kier molecular flexibility index (Phi) is 5.10. The third-order valence-electron chi connectivity index (χ3n) is 5.07. The van der Waals surface area contributed by atoms with Gasteiger partial charge in [-0.25, -0.2) is 4.98 Å². The quantitative estimate of drug-likeness (QED) is 0.881. The van der Waals surface area contributed by atoms with E-state index < -0.39 is 0 Å². The molecule has 2 N–H and O–H groups in total. The van der Waals surface area contributed by atoms with Gasteiger partial charge in [0.1, 0.15) is 10.7 Å². The number of carbonyl (C=O) groups is 1. The zero-order chi connectivity index (χ0) is 17.1. The first-order valence-electron chi connectivity index (χ1n) is 8.96. The lowest BCUT2D eigenvalue weighted by Crippen LogP contribution is -2.47. The van der Waals surface area contributed by atoms with E-state index in [1.807, 2.05) is 30.3 Å². The summed E-state index contributed by atoms with van der Waals surface area (Å²) in [5.41, 5.74) is 3.67. The molecule has 6 heteroatoms. The van der Waals surface area contributed by atoms with Crippen molar-refractivity contribution in [3.63, 3.8) is 0 Å². The number of nitrogens with zero attached hydrogens (tertiary/aromatic N) is 1. The van der Waals surface area contributed by atoms with Gasteiger partial charge in [0.15, 0.2) is 0 Å². The Bertz CT molecular complexity index is 712. The highest BCUT2D eigenvalue weighted by Gasteiger charge is 2.33. The number of amides is 1. The number of piperidine rings is 1. The van der Waals surface area contributed by atoms with Crippen molar-refractivity contribution in [1.29, 1.82) is 0 Å². The number of ether oxygens (including phenoxy) is 1. The van der Waals surface area contributed by atoms with Gasteiger partial charge in [-0.3, -0.25) is 4.79 Å². The Morgan fingerprint density at radius 1 is 1.28 bits per heavy atom. The van der Waals surface area contributed by atoms with Gasteiger partial charge in [-0.2, -0.15) is 0 Å². The third kappa shape index (κ3) is 3.76. The second-order valence-corrected chi connectivity index (χ2v) is 7.57. The molecule has 2 saturated heterocycles. The van der Waals surface area contributed by atoms with Crippen LogP contribution in [0.1, 0.15) is 25.7 Å². The Labute approximate surface area is 151 Å². The molecule has 1 amide bonds. The summed E-state index contributed by atoms with van der Waals surface area (Å²) in [5, 5.41) is 7.48. The molecule has 1 aromatic carbocycles. The van der Waals surface area contributed by atoms with Crippen LogP contribution in [-0.2, 0) is 9.53 Å². The van der Waals surface area contributed by atoms with Crippen LogP contribution in [0, 0.1) is 5.92 Å². The molecular formula is C19H23N3O2S. The standard InChI is InChI=1S/C19H23N3O2S/c23-18(14-8-9-20-15(11-14)16-7-4-10-24-16)22-19-17(21-12-25-19)13-5-2-1-3-6-13/h1-3,5-6,12,14-16,20H,4,7-11H2,(H,22,23). The van der Waals surface area contributed by atoms with Crippen molar-refractivity contribution >= 4 is 22.2 Å². The van der Waals surface area contributed by atoms with Crippen molar-refractivity contribution < 1.29 is 9.53 Å². The minimum Gasteiger partial charge on any atom is -0.377 e. The smallest absolute Gasteiger partial charge is 0.228 e. The fourth-order valence-corrected chi connectivity index (χ4v) is 4.45. The Balaban J connectivity index is 1.43. The average molecular weight is 357 g/mol. The second kappa shape index (κ2) is 7.64. The summed E-state index contributed by atoms with van der Waals surface area (Å²) < 4.78 is 5.80. The number of carbonyl (C=O) groups excluding carboxylic acids is 1. The summed E-state index contributed by atoms with van der Waals surface area (Å²) in [6.45, 7) is 1.72. The van der Waals surface area contributed by atoms with Crippen molar-refractivity contribution in [3.8, 4) is 11.3 Å². The number of rotatable bonds is 4. The van der Waals surface area contributed by atoms with E-state index in [1.54, 1.807) is 5.51 Å². The van der Waals surface area contributed by atoms with E-state index in [1.165, 1.54) is 11.3 Å². The lowest BCUT2D eigenvalue weighted by atomic mass is 9.88. The van der Waals surface area contributed by atoms with Crippen LogP contribution in [0.3, 0.4) is 0 Å². The van der Waals surface area contributed by atoms with Gasteiger partial charge in [0.2, 0.25) is 5.91 Å². The lowest BCUT2D eigenvalue weighted by Gasteiger charge is -2.32. The summed E-state index contributed by atoms with van der Waals surface area (Å²) in [6.07, 6.45) is 4.20. The Morgan fingerprint density at radius 3 is 2.96 bits per heavy atom. The van der Waals surface area contributed by atoms with E-state index in [0.29, 0.717) is 6.04 Å². The first-order chi connectivity index (χ1) is 12.3. The van der Waals surface area contributed by atoms with Crippen molar-refractivity contribution in [1.82, 2.24) is 10.3 Å². The molecule has 0 saturated carbocycles.